The molecule has 0 bridgehead atoms. The number of aromatic nitrogens is 2. The topological polar surface area (TPSA) is 43.6 Å². The van der Waals surface area contributed by atoms with E-state index in [1.807, 2.05) is 45.2 Å². The largest absolute Gasteiger partial charge is 0.459 e. The van der Waals surface area contributed by atoms with E-state index in [1.54, 1.807) is 10.7 Å². The minimum Gasteiger partial charge on any atom is -0.459 e. The molecule has 2 aromatic heterocycles. The zero-order valence-corrected chi connectivity index (χ0v) is 16.2. The SMILES string of the molecule is CCC(C)OC(=O)c1cc(C)c2c(Cc3ccc(Br)cc3)cnn2c1. The van der Waals surface area contributed by atoms with Crippen LogP contribution >= 0.6 is 15.9 Å². The minimum atomic E-state index is -0.302. The van der Waals surface area contributed by atoms with E-state index in [0.29, 0.717) is 5.56 Å². The molecule has 1 unspecified atom stereocenters. The van der Waals surface area contributed by atoms with Crippen LogP contribution in [0.4, 0.5) is 0 Å². The first kappa shape index (κ1) is 17.7. The molecule has 0 amide bonds. The van der Waals surface area contributed by atoms with Gasteiger partial charge in [0.15, 0.2) is 0 Å². The number of fused-ring (bicyclic) bond motifs is 1. The normalized spacial score (nSPS) is 12.3. The van der Waals surface area contributed by atoms with Gasteiger partial charge in [-0.2, -0.15) is 5.10 Å². The van der Waals surface area contributed by atoms with E-state index in [9.17, 15) is 4.79 Å². The van der Waals surface area contributed by atoms with Gasteiger partial charge < -0.3 is 4.74 Å². The Labute approximate surface area is 155 Å². The highest BCUT2D eigenvalue weighted by atomic mass is 79.9. The second kappa shape index (κ2) is 7.40. The number of ether oxygens (including phenoxy) is 1. The summed E-state index contributed by atoms with van der Waals surface area (Å²) in [6.45, 7) is 5.89. The highest BCUT2D eigenvalue weighted by Crippen LogP contribution is 2.22. The highest BCUT2D eigenvalue weighted by molar-refractivity contribution is 9.10. The van der Waals surface area contributed by atoms with Gasteiger partial charge in [0.2, 0.25) is 0 Å². The first-order chi connectivity index (χ1) is 12.0. The first-order valence-electron chi connectivity index (χ1n) is 8.40. The van der Waals surface area contributed by atoms with Gasteiger partial charge in [-0.3, -0.25) is 0 Å². The molecular formula is C20H21BrN2O2. The summed E-state index contributed by atoms with van der Waals surface area (Å²) in [7, 11) is 0. The standard InChI is InChI=1S/C20H21BrN2O2/c1-4-14(3)25-20(24)17-9-13(2)19-16(11-22-23(19)12-17)10-15-5-7-18(21)8-6-15/h5-9,11-12,14H,4,10H2,1-3H3. The van der Waals surface area contributed by atoms with Gasteiger partial charge in [-0.1, -0.05) is 35.0 Å². The molecule has 5 heteroatoms. The van der Waals surface area contributed by atoms with Gasteiger partial charge in [0, 0.05) is 22.7 Å². The van der Waals surface area contributed by atoms with Gasteiger partial charge in [0.05, 0.1) is 23.4 Å². The number of carbonyl (C=O) groups is 1. The summed E-state index contributed by atoms with van der Waals surface area (Å²) in [6, 6.07) is 10.2. The third-order valence-electron chi connectivity index (χ3n) is 4.30. The summed E-state index contributed by atoms with van der Waals surface area (Å²) in [6.07, 6.45) is 5.13. The number of nitrogens with zero attached hydrogens (tertiary/aromatic N) is 2. The van der Waals surface area contributed by atoms with Crippen LogP contribution in [0.1, 0.15) is 47.3 Å². The number of benzene rings is 1. The van der Waals surface area contributed by atoms with Crippen molar-refractivity contribution in [1.29, 1.82) is 0 Å². The molecule has 0 fully saturated rings. The van der Waals surface area contributed by atoms with Crippen molar-refractivity contribution in [3.05, 3.63) is 69.5 Å². The van der Waals surface area contributed by atoms with Crippen molar-refractivity contribution >= 4 is 27.4 Å². The summed E-state index contributed by atoms with van der Waals surface area (Å²) in [5.74, 6) is -0.302. The zero-order valence-electron chi connectivity index (χ0n) is 14.6. The molecule has 0 spiro atoms. The lowest BCUT2D eigenvalue weighted by Gasteiger charge is -2.12. The molecule has 0 aliphatic carbocycles. The molecule has 0 saturated carbocycles. The maximum Gasteiger partial charge on any atom is 0.339 e. The lowest BCUT2D eigenvalue weighted by Crippen LogP contribution is -2.15. The van der Waals surface area contributed by atoms with Crippen molar-refractivity contribution in [1.82, 2.24) is 9.61 Å². The van der Waals surface area contributed by atoms with Gasteiger partial charge >= 0.3 is 5.97 Å². The average Bonchev–Trinajstić information content (AvgIpc) is 3.00. The lowest BCUT2D eigenvalue weighted by atomic mass is 10.0. The predicted molar refractivity (Wildman–Crippen MR) is 102 cm³/mol. The van der Waals surface area contributed by atoms with Crippen LogP contribution in [-0.2, 0) is 11.2 Å². The molecule has 130 valence electrons. The van der Waals surface area contributed by atoms with Crippen molar-refractivity contribution in [2.45, 2.75) is 39.7 Å². The van der Waals surface area contributed by atoms with Gasteiger partial charge in [0.1, 0.15) is 0 Å². The van der Waals surface area contributed by atoms with Gasteiger partial charge in [-0.15, -0.1) is 0 Å². The third kappa shape index (κ3) is 3.93. The molecule has 0 saturated heterocycles. The molecule has 0 N–H and O–H groups in total. The van der Waals surface area contributed by atoms with Crippen molar-refractivity contribution in [3.8, 4) is 0 Å². The Morgan fingerprint density at radius 2 is 2.04 bits per heavy atom. The zero-order chi connectivity index (χ0) is 18.0. The minimum absolute atomic E-state index is 0.0888. The van der Waals surface area contributed by atoms with E-state index in [1.165, 1.54) is 5.56 Å². The smallest absolute Gasteiger partial charge is 0.339 e. The summed E-state index contributed by atoms with van der Waals surface area (Å²) in [5.41, 5.74) is 4.95. The van der Waals surface area contributed by atoms with Crippen LogP contribution < -0.4 is 0 Å². The number of hydrogen-bond donors (Lipinski definition) is 0. The maximum atomic E-state index is 12.3. The number of esters is 1. The summed E-state index contributed by atoms with van der Waals surface area (Å²) in [4.78, 5) is 12.3. The Hall–Kier alpha value is -2.14. The first-order valence-corrected chi connectivity index (χ1v) is 9.19. The van der Waals surface area contributed by atoms with Crippen LogP contribution in [0.5, 0.6) is 0 Å². The lowest BCUT2D eigenvalue weighted by molar-refractivity contribution is 0.0333. The predicted octanol–water partition coefficient (Wildman–Crippen LogP) is 4.95. The van der Waals surface area contributed by atoms with Crippen LogP contribution in [0.3, 0.4) is 0 Å². The maximum absolute atomic E-state index is 12.3. The summed E-state index contributed by atoms with van der Waals surface area (Å²) in [5, 5.41) is 4.44. The Kier molecular flexibility index (Phi) is 5.23. The van der Waals surface area contributed by atoms with Crippen molar-refractivity contribution < 1.29 is 9.53 Å². The Morgan fingerprint density at radius 3 is 2.72 bits per heavy atom. The number of pyridine rings is 1. The van der Waals surface area contributed by atoms with Crippen LogP contribution in [0.15, 0.2) is 47.2 Å². The number of rotatable bonds is 5. The molecule has 4 nitrogen and oxygen atoms in total. The Bertz CT molecular complexity index is 900. The fraction of sp³-hybridized carbons (Fsp3) is 0.300. The molecule has 3 aromatic rings. The Balaban J connectivity index is 1.91. The Morgan fingerprint density at radius 1 is 1.32 bits per heavy atom. The van der Waals surface area contributed by atoms with E-state index in [2.05, 4.69) is 33.2 Å². The van der Waals surface area contributed by atoms with Crippen molar-refractivity contribution in [2.24, 2.45) is 0 Å². The van der Waals surface area contributed by atoms with Crippen LogP contribution in [0.25, 0.3) is 5.52 Å². The van der Waals surface area contributed by atoms with E-state index >= 15 is 0 Å². The van der Waals surface area contributed by atoms with E-state index in [4.69, 9.17) is 4.74 Å². The molecule has 0 aliphatic heterocycles. The van der Waals surface area contributed by atoms with Crippen LogP contribution in [0, 0.1) is 6.92 Å². The van der Waals surface area contributed by atoms with E-state index in [0.717, 1.165) is 34.0 Å². The molecular weight excluding hydrogens is 380 g/mol. The average molecular weight is 401 g/mol. The summed E-state index contributed by atoms with van der Waals surface area (Å²) >= 11 is 3.46. The van der Waals surface area contributed by atoms with Crippen molar-refractivity contribution in [3.63, 3.8) is 0 Å². The molecule has 25 heavy (non-hydrogen) atoms. The van der Waals surface area contributed by atoms with E-state index < -0.39 is 0 Å². The van der Waals surface area contributed by atoms with Crippen molar-refractivity contribution in [2.75, 3.05) is 0 Å². The number of aryl methyl sites for hydroxylation is 1. The number of halogens is 1. The molecule has 3 rings (SSSR count). The third-order valence-corrected chi connectivity index (χ3v) is 4.83. The fourth-order valence-corrected chi connectivity index (χ4v) is 3.06. The molecule has 0 radical (unpaired) electrons. The number of hydrogen-bond acceptors (Lipinski definition) is 3. The fourth-order valence-electron chi connectivity index (χ4n) is 2.80. The van der Waals surface area contributed by atoms with Crippen LogP contribution in [0.2, 0.25) is 0 Å². The number of carbonyl (C=O) groups excluding carboxylic acids is 1. The molecule has 0 aliphatic rings. The second-order valence-corrected chi connectivity index (χ2v) is 7.22. The summed E-state index contributed by atoms with van der Waals surface area (Å²) < 4.78 is 8.26. The van der Waals surface area contributed by atoms with Gasteiger partial charge in [0.25, 0.3) is 0 Å². The molecule has 1 atom stereocenters. The second-order valence-electron chi connectivity index (χ2n) is 6.30. The molecule has 2 heterocycles. The monoisotopic (exact) mass is 400 g/mol. The molecule has 1 aromatic carbocycles. The van der Waals surface area contributed by atoms with Crippen LogP contribution in [-0.4, -0.2) is 21.7 Å². The van der Waals surface area contributed by atoms with Gasteiger partial charge in [-0.05, 0) is 49.6 Å². The highest BCUT2D eigenvalue weighted by Gasteiger charge is 2.15. The quantitative estimate of drug-likeness (QED) is 0.568. The van der Waals surface area contributed by atoms with Gasteiger partial charge in [-0.25, -0.2) is 9.31 Å². The van der Waals surface area contributed by atoms with E-state index in [-0.39, 0.29) is 12.1 Å².